The van der Waals surface area contributed by atoms with E-state index in [9.17, 15) is 9.65 Å². The second-order valence-corrected chi connectivity index (χ2v) is 4.17. The van der Waals surface area contributed by atoms with Crippen LogP contribution in [-0.2, 0) is 0 Å². The zero-order valence-electron chi connectivity index (χ0n) is 9.77. The Morgan fingerprint density at radius 3 is 2.53 bits per heavy atom. The summed E-state index contributed by atoms with van der Waals surface area (Å²) in [6, 6.07) is 9.23. The molecule has 0 fully saturated rings. The van der Waals surface area contributed by atoms with Gasteiger partial charge >= 0.3 is 0 Å². The lowest BCUT2D eigenvalue weighted by Crippen LogP contribution is -2.02. The molecule has 0 radical (unpaired) electrons. The van der Waals surface area contributed by atoms with Crippen LogP contribution >= 0.6 is 11.6 Å². The first-order chi connectivity index (χ1) is 9.13. The van der Waals surface area contributed by atoms with Crippen molar-refractivity contribution < 1.29 is 4.39 Å². The second-order valence-electron chi connectivity index (χ2n) is 3.76. The highest BCUT2D eigenvalue weighted by Gasteiger charge is 2.11. The molecule has 0 aliphatic heterocycles. The molecule has 0 bridgehead atoms. The molecular formula is C14H9ClFN3. The third-order valence-corrected chi connectivity index (χ3v) is 2.88. The van der Waals surface area contributed by atoms with Gasteiger partial charge in [0.15, 0.2) is 0 Å². The van der Waals surface area contributed by atoms with Crippen LogP contribution in [0.1, 0.15) is 11.1 Å². The van der Waals surface area contributed by atoms with E-state index in [1.54, 1.807) is 24.5 Å². The number of aromatic nitrogens is 1. The lowest BCUT2D eigenvalue weighted by atomic mass is 10.0. The van der Waals surface area contributed by atoms with E-state index in [-0.39, 0.29) is 16.3 Å². The van der Waals surface area contributed by atoms with Gasteiger partial charge in [0.25, 0.3) is 0 Å². The Kier molecular flexibility index (Phi) is 3.79. The Hall–Kier alpha value is -2.38. The van der Waals surface area contributed by atoms with E-state index in [1.807, 2.05) is 6.07 Å². The molecule has 0 aliphatic carbocycles. The monoisotopic (exact) mass is 273 g/mol. The molecule has 0 saturated heterocycles. The van der Waals surface area contributed by atoms with Crippen LogP contribution in [0.5, 0.6) is 0 Å². The van der Waals surface area contributed by atoms with Crippen molar-refractivity contribution in [2.75, 3.05) is 0 Å². The number of nitriles is 1. The number of rotatable bonds is 2. The minimum Gasteiger partial charge on any atom is -0.397 e. The first kappa shape index (κ1) is 13.1. The van der Waals surface area contributed by atoms with Crippen molar-refractivity contribution in [3.63, 3.8) is 0 Å². The van der Waals surface area contributed by atoms with Crippen molar-refractivity contribution in [3.05, 3.63) is 64.7 Å². The molecule has 5 heteroatoms. The number of nitrogens with two attached hydrogens (primary N) is 1. The summed E-state index contributed by atoms with van der Waals surface area (Å²) in [6.07, 6.45) is 3.12. The Bertz CT molecular complexity index is 675. The summed E-state index contributed by atoms with van der Waals surface area (Å²) in [6.45, 7) is 0. The first-order valence-corrected chi connectivity index (χ1v) is 5.77. The third kappa shape index (κ3) is 2.72. The first-order valence-electron chi connectivity index (χ1n) is 5.39. The van der Waals surface area contributed by atoms with E-state index in [1.165, 1.54) is 12.1 Å². The topological polar surface area (TPSA) is 62.7 Å². The van der Waals surface area contributed by atoms with E-state index in [2.05, 4.69) is 4.98 Å². The van der Waals surface area contributed by atoms with Gasteiger partial charge < -0.3 is 5.73 Å². The smallest absolute Gasteiger partial charge is 0.124 e. The highest BCUT2D eigenvalue weighted by atomic mass is 35.5. The molecule has 0 atom stereocenters. The predicted molar refractivity (Wildman–Crippen MR) is 72.3 cm³/mol. The minimum absolute atomic E-state index is 0.166. The van der Waals surface area contributed by atoms with E-state index >= 15 is 0 Å². The average molecular weight is 274 g/mol. The molecule has 1 aromatic carbocycles. The van der Waals surface area contributed by atoms with Gasteiger partial charge in [0.05, 0.1) is 16.3 Å². The molecule has 0 spiro atoms. The molecule has 0 aliphatic rings. The number of allylic oxidation sites excluding steroid dienone is 1. The number of benzene rings is 1. The van der Waals surface area contributed by atoms with Gasteiger partial charge in [-0.05, 0) is 35.9 Å². The van der Waals surface area contributed by atoms with Crippen molar-refractivity contribution in [3.8, 4) is 6.07 Å². The van der Waals surface area contributed by atoms with Gasteiger partial charge in [0.1, 0.15) is 11.9 Å². The van der Waals surface area contributed by atoms with Gasteiger partial charge in [-0.2, -0.15) is 5.26 Å². The molecule has 3 nitrogen and oxygen atoms in total. The molecule has 2 aromatic rings. The summed E-state index contributed by atoms with van der Waals surface area (Å²) in [7, 11) is 0. The van der Waals surface area contributed by atoms with Crippen LogP contribution in [0.25, 0.3) is 11.3 Å². The fraction of sp³-hybridized carbons (Fsp3) is 0. The van der Waals surface area contributed by atoms with Crippen LogP contribution in [0, 0.1) is 17.1 Å². The van der Waals surface area contributed by atoms with Gasteiger partial charge in [0, 0.05) is 18.0 Å². The highest BCUT2D eigenvalue weighted by molar-refractivity contribution is 6.32. The summed E-state index contributed by atoms with van der Waals surface area (Å²) < 4.78 is 13.0. The van der Waals surface area contributed by atoms with Gasteiger partial charge in [-0.3, -0.25) is 4.98 Å². The summed E-state index contributed by atoms with van der Waals surface area (Å²) in [5.41, 5.74) is 7.51. The zero-order valence-corrected chi connectivity index (χ0v) is 10.5. The minimum atomic E-state index is -0.455. The number of nitrogens with zero attached hydrogens (tertiary/aromatic N) is 2. The zero-order chi connectivity index (χ0) is 13.8. The van der Waals surface area contributed by atoms with Crippen LogP contribution < -0.4 is 5.73 Å². The highest BCUT2D eigenvalue weighted by Crippen LogP contribution is 2.27. The van der Waals surface area contributed by atoms with Crippen molar-refractivity contribution in [2.45, 2.75) is 0 Å². The quantitative estimate of drug-likeness (QED) is 0.855. The molecule has 94 valence electrons. The van der Waals surface area contributed by atoms with E-state index < -0.39 is 5.82 Å². The Labute approximate surface area is 114 Å². The summed E-state index contributed by atoms with van der Waals surface area (Å²) in [4.78, 5) is 3.87. The molecule has 2 N–H and O–H groups in total. The maximum absolute atomic E-state index is 13.0. The van der Waals surface area contributed by atoms with Gasteiger partial charge in [-0.25, -0.2) is 4.39 Å². The van der Waals surface area contributed by atoms with Crippen LogP contribution in [0.15, 0.2) is 42.7 Å². The number of hydrogen-bond acceptors (Lipinski definition) is 3. The van der Waals surface area contributed by atoms with Gasteiger partial charge in [-0.15, -0.1) is 0 Å². The SMILES string of the molecule is N#C/C(=C(/N)c1ccc(F)cc1Cl)c1ccncc1. The molecule has 19 heavy (non-hydrogen) atoms. The Balaban J connectivity index is 2.59. The third-order valence-electron chi connectivity index (χ3n) is 2.57. The van der Waals surface area contributed by atoms with E-state index in [0.717, 1.165) is 6.07 Å². The molecular weight excluding hydrogens is 265 g/mol. The number of hydrogen-bond donors (Lipinski definition) is 1. The van der Waals surface area contributed by atoms with Crippen molar-refractivity contribution in [1.82, 2.24) is 4.98 Å². The van der Waals surface area contributed by atoms with Crippen molar-refractivity contribution >= 4 is 22.9 Å². The Morgan fingerprint density at radius 1 is 1.26 bits per heavy atom. The van der Waals surface area contributed by atoms with Gasteiger partial charge in [0.2, 0.25) is 0 Å². The largest absolute Gasteiger partial charge is 0.397 e. The van der Waals surface area contributed by atoms with Crippen molar-refractivity contribution in [2.24, 2.45) is 5.73 Å². The summed E-state index contributed by atoms with van der Waals surface area (Å²) >= 11 is 5.94. The molecule has 0 unspecified atom stereocenters. The van der Waals surface area contributed by atoms with Crippen molar-refractivity contribution in [1.29, 1.82) is 5.26 Å². The lowest BCUT2D eigenvalue weighted by Gasteiger charge is -2.08. The standard InChI is InChI=1S/C14H9ClFN3/c15-13-7-10(16)1-2-11(13)14(18)12(8-17)9-3-5-19-6-4-9/h1-7H,18H2/b14-12-. The lowest BCUT2D eigenvalue weighted by molar-refractivity contribution is 0.628. The number of halogens is 2. The van der Waals surface area contributed by atoms with Crippen LogP contribution in [0.3, 0.4) is 0 Å². The predicted octanol–water partition coefficient (Wildman–Crippen LogP) is 3.22. The fourth-order valence-corrected chi connectivity index (χ4v) is 1.91. The summed E-state index contributed by atoms with van der Waals surface area (Å²) in [5, 5.41) is 9.40. The molecule has 0 amide bonds. The van der Waals surface area contributed by atoms with E-state index in [0.29, 0.717) is 11.1 Å². The Morgan fingerprint density at radius 2 is 1.95 bits per heavy atom. The number of pyridine rings is 1. The summed E-state index contributed by atoms with van der Waals surface area (Å²) in [5.74, 6) is -0.455. The van der Waals surface area contributed by atoms with Gasteiger partial charge in [-0.1, -0.05) is 11.6 Å². The van der Waals surface area contributed by atoms with Crippen LogP contribution in [0.2, 0.25) is 5.02 Å². The fourth-order valence-electron chi connectivity index (χ4n) is 1.64. The average Bonchev–Trinajstić information content (AvgIpc) is 2.40. The normalized spacial score (nSPS) is 11.6. The molecule has 1 heterocycles. The van der Waals surface area contributed by atoms with Crippen LogP contribution in [0.4, 0.5) is 4.39 Å². The molecule has 0 saturated carbocycles. The molecule has 2 rings (SSSR count). The maximum Gasteiger partial charge on any atom is 0.124 e. The molecule has 1 aromatic heterocycles. The maximum atomic E-state index is 13.0. The van der Waals surface area contributed by atoms with E-state index in [4.69, 9.17) is 17.3 Å². The second kappa shape index (κ2) is 5.51. The van der Waals surface area contributed by atoms with Crippen LogP contribution in [-0.4, -0.2) is 4.98 Å².